The Hall–Kier alpha value is -3.06. The van der Waals surface area contributed by atoms with E-state index >= 15 is 0 Å². The molecule has 1 saturated heterocycles. The summed E-state index contributed by atoms with van der Waals surface area (Å²) in [5.74, 6) is -1.31. The van der Waals surface area contributed by atoms with E-state index in [2.05, 4.69) is 11.9 Å². The first-order valence-corrected chi connectivity index (χ1v) is 8.69. The molecular weight excluding hydrogens is 365 g/mol. The second kappa shape index (κ2) is 7.28. The Morgan fingerprint density at radius 3 is 2.52 bits per heavy atom. The van der Waals surface area contributed by atoms with Gasteiger partial charge in [-0.25, -0.2) is 4.39 Å². The van der Waals surface area contributed by atoms with E-state index < -0.39 is 11.8 Å². The molecule has 1 aliphatic rings. The van der Waals surface area contributed by atoms with Crippen molar-refractivity contribution in [2.75, 3.05) is 6.54 Å². The maximum Gasteiger partial charge on any atom is 0.265 e. The fraction of sp³-hybridized carbons (Fsp3) is 0.150. The highest BCUT2D eigenvalue weighted by Gasteiger charge is 2.32. The molecule has 0 spiro atoms. The molecule has 1 aromatic heterocycles. The lowest BCUT2D eigenvalue weighted by Crippen LogP contribution is -2.53. The van der Waals surface area contributed by atoms with Crippen molar-refractivity contribution in [3.63, 3.8) is 0 Å². The highest BCUT2D eigenvalue weighted by atomic mass is 32.1. The summed E-state index contributed by atoms with van der Waals surface area (Å²) in [6.07, 6.45) is 3.09. The predicted octanol–water partition coefficient (Wildman–Crippen LogP) is 3.05. The molecule has 0 bridgehead atoms. The van der Waals surface area contributed by atoms with E-state index in [0.29, 0.717) is 0 Å². The quantitative estimate of drug-likeness (QED) is 0.382. The number of halogens is 1. The minimum Gasteiger partial charge on any atom is -0.318 e. The Kier molecular flexibility index (Phi) is 5.05. The molecule has 5 nitrogen and oxygen atoms in total. The zero-order valence-electron chi connectivity index (χ0n) is 15.0. The van der Waals surface area contributed by atoms with Crippen LogP contribution in [-0.2, 0) is 9.59 Å². The first-order valence-electron chi connectivity index (χ1n) is 8.28. The first kappa shape index (κ1) is 18.7. The molecule has 138 valence electrons. The van der Waals surface area contributed by atoms with Crippen LogP contribution in [0.4, 0.5) is 4.39 Å². The van der Waals surface area contributed by atoms with Crippen LogP contribution in [0, 0.1) is 19.7 Å². The molecule has 7 heteroatoms. The van der Waals surface area contributed by atoms with Crippen molar-refractivity contribution in [1.29, 1.82) is 0 Å². The normalized spacial score (nSPS) is 16.0. The van der Waals surface area contributed by atoms with E-state index in [9.17, 15) is 14.0 Å². The Morgan fingerprint density at radius 1 is 1.22 bits per heavy atom. The van der Waals surface area contributed by atoms with Crippen LogP contribution < -0.4 is 5.32 Å². The highest BCUT2D eigenvalue weighted by molar-refractivity contribution is 7.80. The van der Waals surface area contributed by atoms with Crippen LogP contribution in [0.15, 0.2) is 48.6 Å². The van der Waals surface area contributed by atoms with Gasteiger partial charge < -0.3 is 4.57 Å². The minimum absolute atomic E-state index is 0.00445. The second-order valence-electron chi connectivity index (χ2n) is 6.16. The molecule has 2 heterocycles. The van der Waals surface area contributed by atoms with Crippen molar-refractivity contribution < 1.29 is 14.0 Å². The van der Waals surface area contributed by atoms with Gasteiger partial charge in [0.1, 0.15) is 11.4 Å². The molecule has 1 aromatic carbocycles. The summed E-state index contributed by atoms with van der Waals surface area (Å²) in [5.41, 5.74) is 3.25. The average molecular weight is 383 g/mol. The summed E-state index contributed by atoms with van der Waals surface area (Å²) in [4.78, 5) is 26.2. The maximum absolute atomic E-state index is 13.2. The van der Waals surface area contributed by atoms with Crippen LogP contribution in [0.1, 0.15) is 17.0 Å². The fourth-order valence-electron chi connectivity index (χ4n) is 3.07. The molecule has 2 aromatic rings. The molecule has 1 aliphatic heterocycles. The standard InChI is InChI=1S/C20H18FN3O2S/c1-4-9-23-19(26)17(18(25)22-20(23)27)11-14-10-12(2)24(13(14)3)16-7-5-15(21)6-8-16/h4-8,10-11H,1,9H2,2-3H3,(H,22,25,27)/b17-11-. The van der Waals surface area contributed by atoms with Crippen molar-refractivity contribution in [2.24, 2.45) is 0 Å². The monoisotopic (exact) mass is 383 g/mol. The lowest BCUT2D eigenvalue weighted by atomic mass is 10.1. The number of thiocarbonyl (C=S) groups is 1. The number of nitrogens with one attached hydrogen (secondary N) is 1. The van der Waals surface area contributed by atoms with E-state index in [-0.39, 0.29) is 23.0 Å². The summed E-state index contributed by atoms with van der Waals surface area (Å²) < 4.78 is 15.1. The molecule has 0 aliphatic carbocycles. The van der Waals surface area contributed by atoms with Gasteiger partial charge >= 0.3 is 0 Å². The van der Waals surface area contributed by atoms with Crippen molar-refractivity contribution in [3.8, 4) is 5.69 Å². The summed E-state index contributed by atoms with van der Waals surface area (Å²) in [6, 6.07) is 8.00. The van der Waals surface area contributed by atoms with Gasteiger partial charge in [-0.2, -0.15) is 0 Å². The van der Waals surface area contributed by atoms with E-state index in [1.807, 2.05) is 24.5 Å². The minimum atomic E-state index is -0.531. The molecule has 3 rings (SSSR count). The maximum atomic E-state index is 13.2. The van der Waals surface area contributed by atoms with Gasteiger partial charge in [0.05, 0.1) is 0 Å². The molecule has 1 N–H and O–H groups in total. The van der Waals surface area contributed by atoms with Gasteiger partial charge in [0.2, 0.25) is 0 Å². The largest absolute Gasteiger partial charge is 0.318 e. The van der Waals surface area contributed by atoms with Gasteiger partial charge in [-0.05, 0) is 68.0 Å². The number of carbonyl (C=O) groups is 2. The zero-order valence-corrected chi connectivity index (χ0v) is 15.8. The number of amides is 2. The fourth-order valence-corrected chi connectivity index (χ4v) is 3.32. The number of aromatic nitrogens is 1. The van der Waals surface area contributed by atoms with Gasteiger partial charge in [-0.1, -0.05) is 6.08 Å². The van der Waals surface area contributed by atoms with Gasteiger partial charge in [0.25, 0.3) is 11.8 Å². The van der Waals surface area contributed by atoms with Crippen LogP contribution in [0.3, 0.4) is 0 Å². The molecule has 0 atom stereocenters. The predicted molar refractivity (Wildman–Crippen MR) is 106 cm³/mol. The summed E-state index contributed by atoms with van der Waals surface area (Å²) in [6.45, 7) is 7.60. The zero-order chi connectivity index (χ0) is 19.7. The molecule has 27 heavy (non-hydrogen) atoms. The number of hydrogen-bond acceptors (Lipinski definition) is 3. The van der Waals surface area contributed by atoms with E-state index in [4.69, 9.17) is 12.2 Å². The molecular formula is C20H18FN3O2S. The topological polar surface area (TPSA) is 54.3 Å². The summed E-state index contributed by atoms with van der Waals surface area (Å²) in [7, 11) is 0. The SMILES string of the molecule is C=CCN1C(=O)/C(=C\c2cc(C)n(-c3ccc(F)cc3)c2C)C(=O)NC1=S. The summed E-state index contributed by atoms with van der Waals surface area (Å²) >= 11 is 5.05. The van der Waals surface area contributed by atoms with Crippen molar-refractivity contribution >= 4 is 35.2 Å². The van der Waals surface area contributed by atoms with E-state index in [1.54, 1.807) is 24.3 Å². The van der Waals surface area contributed by atoms with Gasteiger partial charge in [-0.15, -0.1) is 6.58 Å². The van der Waals surface area contributed by atoms with E-state index in [0.717, 1.165) is 22.6 Å². The van der Waals surface area contributed by atoms with Gasteiger partial charge in [-0.3, -0.25) is 19.8 Å². The van der Waals surface area contributed by atoms with Crippen LogP contribution in [0.25, 0.3) is 11.8 Å². The lowest BCUT2D eigenvalue weighted by Gasteiger charge is -2.27. The Morgan fingerprint density at radius 2 is 1.89 bits per heavy atom. The lowest BCUT2D eigenvalue weighted by molar-refractivity contribution is -0.128. The van der Waals surface area contributed by atoms with Crippen LogP contribution >= 0.6 is 12.2 Å². The number of aryl methyl sites for hydroxylation is 1. The average Bonchev–Trinajstić information content (AvgIpc) is 2.90. The van der Waals surface area contributed by atoms with Crippen molar-refractivity contribution in [1.82, 2.24) is 14.8 Å². The van der Waals surface area contributed by atoms with Gasteiger partial charge in [0.15, 0.2) is 5.11 Å². The van der Waals surface area contributed by atoms with Crippen LogP contribution in [0.5, 0.6) is 0 Å². The summed E-state index contributed by atoms with van der Waals surface area (Å²) in [5, 5.41) is 2.60. The second-order valence-corrected chi connectivity index (χ2v) is 6.55. The molecule has 0 unspecified atom stereocenters. The third-order valence-electron chi connectivity index (χ3n) is 4.35. The molecule has 1 fully saturated rings. The highest BCUT2D eigenvalue weighted by Crippen LogP contribution is 2.24. The third kappa shape index (κ3) is 3.46. The van der Waals surface area contributed by atoms with Crippen LogP contribution in [-0.4, -0.2) is 32.9 Å². The number of rotatable bonds is 4. The first-order chi connectivity index (χ1) is 12.8. The van der Waals surface area contributed by atoms with Crippen molar-refractivity contribution in [3.05, 3.63) is 71.3 Å². The van der Waals surface area contributed by atoms with E-state index in [1.165, 1.54) is 17.0 Å². The number of hydrogen-bond donors (Lipinski definition) is 1. The van der Waals surface area contributed by atoms with Crippen molar-refractivity contribution in [2.45, 2.75) is 13.8 Å². The third-order valence-corrected chi connectivity index (χ3v) is 4.67. The Balaban J connectivity index is 2.04. The molecule has 2 amide bonds. The number of nitrogens with zero attached hydrogens (tertiary/aromatic N) is 2. The Labute approximate surface area is 161 Å². The molecule has 0 saturated carbocycles. The smallest absolute Gasteiger partial charge is 0.265 e. The van der Waals surface area contributed by atoms with Crippen LogP contribution in [0.2, 0.25) is 0 Å². The van der Waals surface area contributed by atoms with Gasteiger partial charge in [0, 0.05) is 23.6 Å². The number of carbonyl (C=O) groups excluding carboxylic acids is 2. The number of benzene rings is 1. The Bertz CT molecular complexity index is 989. The molecule has 0 radical (unpaired) electrons.